The van der Waals surface area contributed by atoms with Gasteiger partial charge in [-0.2, -0.15) is 0 Å². The molecule has 3 aromatic carbocycles. The monoisotopic (exact) mass is 966 g/mol. The van der Waals surface area contributed by atoms with Crippen molar-refractivity contribution < 1.29 is 72.2 Å². The maximum atomic E-state index is 16.2. The Hall–Kier alpha value is -6.27. The second kappa shape index (κ2) is 19.9. The number of rotatable bonds is 14. The standard InChI is InChI=1S/C53H62N2O15/c1-9-28(2)39(54)48(62)68-36-25-37-52(27-65-37,70-31(5)57)43-45(69-47(61)34-23-17-12-18-24-34)53(64)26-35(29(3)38(50(53,6)7)42(66-30(4)56)44(59)51(36,43)8)67-49(63)41(58)40(32-19-13-10-14-20-32)55-46(60)33-21-15-11-16-22-33/h10-24,28,35-37,39-43,45,58,64H,9,25-27,54H2,1-8H3,(H,55,60)/t28-,35-,36-,37+,39-,40-,41+,42+,43?,45-,51+,52-,53+/m0/s1. The van der Waals surface area contributed by atoms with Crippen LogP contribution in [0.1, 0.15) is 107 Å². The second-order valence-corrected chi connectivity index (χ2v) is 19.7. The number of carbonyl (C=O) groups is 7. The molecule has 3 aliphatic carbocycles. The van der Waals surface area contributed by atoms with Gasteiger partial charge in [-0.25, -0.2) is 9.59 Å². The normalized spacial score (nSPS) is 30.4. The molecule has 0 spiro atoms. The summed E-state index contributed by atoms with van der Waals surface area (Å²) in [4.78, 5) is 99.5. The molecule has 374 valence electrons. The van der Waals surface area contributed by atoms with Crippen molar-refractivity contribution in [1.82, 2.24) is 5.32 Å². The van der Waals surface area contributed by atoms with Crippen LogP contribution in [0.2, 0.25) is 0 Å². The van der Waals surface area contributed by atoms with E-state index in [0.717, 1.165) is 13.8 Å². The molecule has 3 aromatic rings. The van der Waals surface area contributed by atoms with Crippen LogP contribution >= 0.6 is 0 Å². The van der Waals surface area contributed by atoms with Crippen LogP contribution in [0.4, 0.5) is 0 Å². The number of nitrogens with one attached hydrogen (secondary N) is 1. The Kier molecular flexibility index (Phi) is 14.6. The number of benzene rings is 3. The lowest BCUT2D eigenvalue weighted by molar-refractivity contribution is -0.346. The summed E-state index contributed by atoms with van der Waals surface area (Å²) in [6, 6.07) is 21.7. The number of hydrogen-bond donors (Lipinski definition) is 4. The lowest BCUT2D eigenvalue weighted by atomic mass is 9.44. The number of Topliss-reactive ketones (excluding diaryl/α,β-unsaturated/α-hetero) is 1. The summed E-state index contributed by atoms with van der Waals surface area (Å²) in [5.41, 5.74) is -1.08. The minimum atomic E-state index is -2.47. The van der Waals surface area contributed by atoms with Gasteiger partial charge < -0.3 is 49.7 Å². The Balaban J connectivity index is 1.43. The number of aliphatic hydroxyl groups excluding tert-OH is 1. The number of hydrogen-bond acceptors (Lipinski definition) is 16. The Morgan fingerprint density at radius 3 is 1.96 bits per heavy atom. The van der Waals surface area contributed by atoms with Gasteiger partial charge in [0.05, 0.1) is 29.5 Å². The number of aliphatic hydroxyl groups is 2. The first-order valence-electron chi connectivity index (χ1n) is 23.5. The number of esters is 5. The van der Waals surface area contributed by atoms with Crippen molar-refractivity contribution in [3.8, 4) is 0 Å². The zero-order valence-electron chi connectivity index (χ0n) is 40.5. The molecule has 5 N–H and O–H groups in total. The average Bonchev–Trinajstić information content (AvgIpc) is 3.33. The summed E-state index contributed by atoms with van der Waals surface area (Å²) in [5.74, 6) is -8.34. The Morgan fingerprint density at radius 1 is 0.829 bits per heavy atom. The summed E-state index contributed by atoms with van der Waals surface area (Å²) < 4.78 is 37.3. The summed E-state index contributed by atoms with van der Waals surface area (Å²) in [6.07, 6.45) is -10.3. The van der Waals surface area contributed by atoms with Gasteiger partial charge in [0.1, 0.15) is 36.1 Å². The molecular formula is C53H62N2O15. The molecule has 3 fully saturated rings. The SMILES string of the molecule is CC[C@H](C)[C@H](N)C(=O)O[C@H]1C[C@H]2OC[C@@]2(OC(C)=O)C2[C@H](OC(=O)c3ccccc3)[C@]3(O)C[C@H](OC(=O)[C@H](O)[C@@H](NC(=O)c4ccccc4)c4ccccc4)C(C)=C([C@@H](OC(C)=O)C(=O)[C@@]21C)C3(C)C. The number of fused-ring (bicyclic) bond motifs is 5. The van der Waals surface area contributed by atoms with Crippen molar-refractivity contribution in [2.45, 2.75) is 135 Å². The highest BCUT2D eigenvalue weighted by atomic mass is 16.6. The third-order valence-corrected chi connectivity index (χ3v) is 15.2. The number of nitrogens with two attached hydrogens (primary N) is 1. The van der Waals surface area contributed by atoms with Crippen molar-refractivity contribution in [2.75, 3.05) is 6.61 Å². The number of ketones is 1. The number of amides is 1. The van der Waals surface area contributed by atoms with Gasteiger partial charge in [-0.15, -0.1) is 0 Å². The van der Waals surface area contributed by atoms with Crippen molar-refractivity contribution in [3.05, 3.63) is 119 Å². The van der Waals surface area contributed by atoms with Crippen molar-refractivity contribution >= 4 is 41.5 Å². The maximum Gasteiger partial charge on any atom is 0.338 e. The molecule has 2 saturated carbocycles. The van der Waals surface area contributed by atoms with E-state index in [2.05, 4.69) is 5.32 Å². The molecule has 7 rings (SSSR count). The van der Waals surface area contributed by atoms with Crippen LogP contribution < -0.4 is 11.1 Å². The van der Waals surface area contributed by atoms with Gasteiger partial charge in [0.25, 0.3) is 5.91 Å². The first-order chi connectivity index (χ1) is 33.0. The predicted octanol–water partition coefficient (Wildman–Crippen LogP) is 4.66. The fourth-order valence-electron chi connectivity index (χ4n) is 11.0. The van der Waals surface area contributed by atoms with Gasteiger partial charge in [-0.05, 0) is 60.7 Å². The molecule has 0 radical (unpaired) electrons. The molecule has 17 nitrogen and oxygen atoms in total. The number of carbonyl (C=O) groups excluding carboxylic acids is 7. The minimum Gasteiger partial charge on any atom is -0.460 e. The highest BCUT2D eigenvalue weighted by Crippen LogP contribution is 2.65. The molecule has 1 saturated heterocycles. The maximum absolute atomic E-state index is 16.2. The molecule has 1 unspecified atom stereocenters. The van der Waals surface area contributed by atoms with Crippen LogP contribution in [-0.2, 0) is 52.4 Å². The topological polar surface area (TPSA) is 253 Å². The van der Waals surface area contributed by atoms with Gasteiger partial charge in [-0.1, -0.05) is 101 Å². The second-order valence-electron chi connectivity index (χ2n) is 19.7. The van der Waals surface area contributed by atoms with E-state index in [0.29, 0.717) is 12.0 Å². The molecule has 1 heterocycles. The Morgan fingerprint density at radius 2 is 1.41 bits per heavy atom. The third-order valence-electron chi connectivity index (χ3n) is 15.2. The highest BCUT2D eigenvalue weighted by Gasteiger charge is 2.79. The van der Waals surface area contributed by atoms with Gasteiger partial charge in [-0.3, -0.25) is 24.0 Å². The van der Waals surface area contributed by atoms with E-state index in [-0.39, 0.29) is 41.2 Å². The molecule has 1 aliphatic heterocycles. The smallest absolute Gasteiger partial charge is 0.338 e. The van der Waals surface area contributed by atoms with Gasteiger partial charge in [0.2, 0.25) is 0 Å². The van der Waals surface area contributed by atoms with Gasteiger partial charge >= 0.3 is 29.8 Å². The average molecular weight is 967 g/mol. The Labute approximate surface area is 406 Å². The third kappa shape index (κ3) is 9.04. The first kappa shape index (κ1) is 51.6. The van der Waals surface area contributed by atoms with Crippen LogP contribution in [-0.4, -0.2) is 112 Å². The minimum absolute atomic E-state index is 0.0383. The van der Waals surface area contributed by atoms with Crippen LogP contribution in [0.25, 0.3) is 0 Å². The van der Waals surface area contributed by atoms with Gasteiger partial charge in [0.15, 0.2) is 23.6 Å². The molecule has 2 bridgehead atoms. The fraction of sp³-hybridized carbons (Fsp3) is 0.491. The van der Waals surface area contributed by atoms with E-state index in [1.807, 2.05) is 6.92 Å². The first-order valence-corrected chi connectivity index (χ1v) is 23.5. The molecule has 13 atom stereocenters. The molecule has 4 aliphatic rings. The summed E-state index contributed by atoms with van der Waals surface area (Å²) in [6.45, 7) is 11.5. The zero-order valence-corrected chi connectivity index (χ0v) is 40.5. The van der Waals surface area contributed by atoms with E-state index in [1.165, 1.54) is 26.0 Å². The molecule has 17 heteroatoms. The number of ether oxygens (including phenoxy) is 6. The van der Waals surface area contributed by atoms with E-state index in [1.54, 1.807) is 99.6 Å². The van der Waals surface area contributed by atoms with Crippen LogP contribution in [0, 0.1) is 22.7 Å². The fourth-order valence-corrected chi connectivity index (χ4v) is 11.0. The largest absolute Gasteiger partial charge is 0.460 e. The lowest BCUT2D eigenvalue weighted by Crippen LogP contribution is -2.82. The van der Waals surface area contributed by atoms with Crippen LogP contribution in [0.3, 0.4) is 0 Å². The van der Waals surface area contributed by atoms with Crippen molar-refractivity contribution in [3.63, 3.8) is 0 Å². The van der Waals surface area contributed by atoms with E-state index in [9.17, 15) is 39.0 Å². The summed E-state index contributed by atoms with van der Waals surface area (Å²) in [7, 11) is 0. The Bertz CT molecular complexity index is 2530. The van der Waals surface area contributed by atoms with Crippen LogP contribution in [0.15, 0.2) is 102 Å². The van der Waals surface area contributed by atoms with E-state index >= 15 is 4.79 Å². The highest BCUT2D eigenvalue weighted by molar-refractivity contribution is 5.96. The summed E-state index contributed by atoms with van der Waals surface area (Å²) >= 11 is 0. The van der Waals surface area contributed by atoms with E-state index in [4.69, 9.17) is 34.2 Å². The summed E-state index contributed by atoms with van der Waals surface area (Å²) in [5, 5.41) is 28.7. The molecular weight excluding hydrogens is 905 g/mol. The van der Waals surface area contributed by atoms with Gasteiger partial charge in [0, 0.05) is 37.7 Å². The predicted molar refractivity (Wildman–Crippen MR) is 249 cm³/mol. The molecule has 70 heavy (non-hydrogen) atoms. The van der Waals surface area contributed by atoms with Crippen molar-refractivity contribution in [2.24, 2.45) is 28.4 Å². The quantitative estimate of drug-likeness (QED) is 0.0974. The lowest BCUT2D eigenvalue weighted by Gasteiger charge is -2.67. The van der Waals surface area contributed by atoms with Crippen molar-refractivity contribution in [1.29, 1.82) is 0 Å². The zero-order chi connectivity index (χ0) is 51.1. The van der Waals surface area contributed by atoms with E-state index < -0.39 is 125 Å². The molecule has 1 amide bonds. The molecule has 0 aromatic heterocycles. The van der Waals surface area contributed by atoms with Crippen LogP contribution in [0.5, 0.6) is 0 Å².